The van der Waals surface area contributed by atoms with Gasteiger partial charge in [0.25, 0.3) is 0 Å². The molecule has 0 atom stereocenters. The van der Waals surface area contributed by atoms with Gasteiger partial charge in [-0.05, 0) is 29.8 Å². The van der Waals surface area contributed by atoms with Crippen LogP contribution >= 0.6 is 0 Å². The number of carbonyl (C=O) groups excluding carboxylic acids is 2. The van der Waals surface area contributed by atoms with E-state index >= 15 is 0 Å². The zero-order valence-corrected chi connectivity index (χ0v) is 16.4. The Hall–Kier alpha value is -3.99. The lowest BCUT2D eigenvalue weighted by Gasteiger charge is -2.21. The summed E-state index contributed by atoms with van der Waals surface area (Å²) in [6.07, 6.45) is 3.44. The molecule has 2 aromatic carbocycles. The molecular formula is C22H22N6O2. The molecule has 8 heteroatoms. The number of carbonyl (C=O) groups is 2. The van der Waals surface area contributed by atoms with Crippen LogP contribution in [0, 0.1) is 11.3 Å². The zero-order chi connectivity index (χ0) is 21.2. The van der Waals surface area contributed by atoms with Crippen molar-refractivity contribution in [3.63, 3.8) is 0 Å². The van der Waals surface area contributed by atoms with E-state index in [4.69, 9.17) is 5.26 Å². The molecule has 8 nitrogen and oxygen atoms in total. The summed E-state index contributed by atoms with van der Waals surface area (Å²) in [6, 6.07) is 18.7. The zero-order valence-electron chi connectivity index (χ0n) is 16.4. The number of rotatable bonds is 9. The standard InChI is InChI=1S/C22H22N6O2/c23-12-5-13-28(20-8-2-1-3-9-20)22(30)11-10-21(29)26-19-7-4-6-18(14-19)15-27-17-24-16-25-27/h1-4,6-9,14,16-17H,5,10-11,13,15H2,(H,26,29). The van der Waals surface area contributed by atoms with Crippen LogP contribution < -0.4 is 10.2 Å². The predicted octanol–water partition coefficient (Wildman–Crippen LogP) is 2.99. The normalized spacial score (nSPS) is 10.2. The number of nitrogens with zero attached hydrogens (tertiary/aromatic N) is 5. The molecule has 152 valence electrons. The monoisotopic (exact) mass is 402 g/mol. The average Bonchev–Trinajstić information content (AvgIpc) is 3.26. The molecule has 3 rings (SSSR count). The van der Waals surface area contributed by atoms with Crippen molar-refractivity contribution in [3.8, 4) is 6.07 Å². The number of para-hydroxylation sites is 1. The van der Waals surface area contributed by atoms with E-state index in [0.29, 0.717) is 18.8 Å². The summed E-state index contributed by atoms with van der Waals surface area (Å²) in [4.78, 5) is 30.5. The fourth-order valence-electron chi connectivity index (χ4n) is 3.00. The highest BCUT2D eigenvalue weighted by molar-refractivity contribution is 5.98. The van der Waals surface area contributed by atoms with Crippen LogP contribution in [0.5, 0.6) is 0 Å². The smallest absolute Gasteiger partial charge is 0.227 e. The molecule has 3 aromatic rings. The SMILES string of the molecule is N#CCCN(C(=O)CCC(=O)Nc1cccc(Cn2cncn2)c1)c1ccccc1. The van der Waals surface area contributed by atoms with E-state index in [1.807, 2.05) is 48.5 Å². The molecule has 1 heterocycles. The molecule has 0 aliphatic carbocycles. The first kappa shape index (κ1) is 20.7. The minimum Gasteiger partial charge on any atom is -0.326 e. The van der Waals surface area contributed by atoms with E-state index in [0.717, 1.165) is 11.3 Å². The number of nitrogens with one attached hydrogen (secondary N) is 1. The topological polar surface area (TPSA) is 104 Å². The lowest BCUT2D eigenvalue weighted by Crippen LogP contribution is -2.32. The summed E-state index contributed by atoms with van der Waals surface area (Å²) < 4.78 is 1.69. The van der Waals surface area contributed by atoms with Crippen molar-refractivity contribution < 1.29 is 9.59 Å². The molecule has 1 aromatic heterocycles. The molecule has 2 amide bonds. The molecular weight excluding hydrogens is 380 g/mol. The summed E-state index contributed by atoms with van der Waals surface area (Å²) in [5.74, 6) is -0.430. The molecule has 30 heavy (non-hydrogen) atoms. The van der Waals surface area contributed by atoms with Crippen LogP contribution in [0.3, 0.4) is 0 Å². The highest BCUT2D eigenvalue weighted by Gasteiger charge is 2.16. The molecule has 0 spiro atoms. The van der Waals surface area contributed by atoms with Crippen LogP contribution in [0.15, 0.2) is 67.3 Å². The van der Waals surface area contributed by atoms with Gasteiger partial charge in [-0.25, -0.2) is 9.67 Å². The Morgan fingerprint density at radius 1 is 1.10 bits per heavy atom. The van der Waals surface area contributed by atoms with E-state index in [2.05, 4.69) is 21.5 Å². The van der Waals surface area contributed by atoms with E-state index in [1.54, 1.807) is 22.0 Å². The maximum Gasteiger partial charge on any atom is 0.227 e. The Balaban J connectivity index is 1.55. The highest BCUT2D eigenvalue weighted by atomic mass is 16.2. The van der Waals surface area contributed by atoms with Crippen molar-refractivity contribution in [2.45, 2.75) is 25.8 Å². The largest absolute Gasteiger partial charge is 0.326 e. The molecule has 0 fully saturated rings. The molecule has 0 aliphatic heterocycles. The van der Waals surface area contributed by atoms with Gasteiger partial charge in [0, 0.05) is 30.8 Å². The van der Waals surface area contributed by atoms with Crippen molar-refractivity contribution in [3.05, 3.63) is 72.8 Å². The summed E-state index contributed by atoms with van der Waals surface area (Å²) in [5, 5.41) is 15.8. The van der Waals surface area contributed by atoms with Crippen molar-refractivity contribution in [1.29, 1.82) is 5.26 Å². The van der Waals surface area contributed by atoms with Crippen LogP contribution in [0.4, 0.5) is 11.4 Å². The van der Waals surface area contributed by atoms with Crippen molar-refractivity contribution >= 4 is 23.2 Å². The molecule has 0 unspecified atom stereocenters. The molecule has 0 saturated heterocycles. The maximum absolute atomic E-state index is 12.7. The minimum absolute atomic E-state index is 0.0576. The third-order valence-corrected chi connectivity index (χ3v) is 4.40. The Morgan fingerprint density at radius 2 is 1.93 bits per heavy atom. The van der Waals surface area contributed by atoms with Gasteiger partial charge in [-0.15, -0.1) is 0 Å². The number of aromatic nitrogens is 3. The first-order chi connectivity index (χ1) is 14.7. The van der Waals surface area contributed by atoms with Gasteiger partial charge in [-0.2, -0.15) is 10.4 Å². The number of anilines is 2. The second-order valence-electron chi connectivity index (χ2n) is 6.63. The number of amides is 2. The van der Waals surface area contributed by atoms with Gasteiger partial charge >= 0.3 is 0 Å². The van der Waals surface area contributed by atoms with Gasteiger partial charge in [-0.1, -0.05) is 30.3 Å². The fraction of sp³-hybridized carbons (Fsp3) is 0.227. The van der Waals surface area contributed by atoms with Crippen molar-refractivity contribution in [2.24, 2.45) is 0 Å². The second kappa shape index (κ2) is 10.5. The van der Waals surface area contributed by atoms with Gasteiger partial charge in [0.15, 0.2) is 0 Å². The Morgan fingerprint density at radius 3 is 2.67 bits per heavy atom. The number of hydrogen-bond donors (Lipinski definition) is 1. The van der Waals surface area contributed by atoms with Crippen LogP contribution in [0.25, 0.3) is 0 Å². The Bertz CT molecular complexity index is 1010. The van der Waals surface area contributed by atoms with Gasteiger partial charge in [0.1, 0.15) is 12.7 Å². The van der Waals surface area contributed by atoms with Crippen LogP contribution in [0.1, 0.15) is 24.8 Å². The second-order valence-corrected chi connectivity index (χ2v) is 6.63. The third-order valence-electron chi connectivity index (χ3n) is 4.40. The van der Waals surface area contributed by atoms with Gasteiger partial charge in [0.2, 0.25) is 11.8 Å². The molecule has 0 radical (unpaired) electrons. The van der Waals surface area contributed by atoms with E-state index in [1.165, 1.54) is 6.33 Å². The van der Waals surface area contributed by atoms with Gasteiger partial charge in [-0.3, -0.25) is 9.59 Å². The lowest BCUT2D eigenvalue weighted by atomic mass is 10.2. The van der Waals surface area contributed by atoms with Crippen molar-refractivity contribution in [1.82, 2.24) is 14.8 Å². The molecule has 0 saturated carbocycles. The van der Waals surface area contributed by atoms with Gasteiger partial charge < -0.3 is 10.2 Å². The van der Waals surface area contributed by atoms with Crippen LogP contribution in [-0.2, 0) is 16.1 Å². The highest BCUT2D eigenvalue weighted by Crippen LogP contribution is 2.16. The fourth-order valence-corrected chi connectivity index (χ4v) is 3.00. The first-order valence-electron chi connectivity index (χ1n) is 9.59. The number of hydrogen-bond acceptors (Lipinski definition) is 5. The Labute approximate surface area is 174 Å². The summed E-state index contributed by atoms with van der Waals surface area (Å²) in [5.41, 5.74) is 2.36. The van der Waals surface area contributed by atoms with E-state index < -0.39 is 0 Å². The molecule has 0 bridgehead atoms. The summed E-state index contributed by atoms with van der Waals surface area (Å²) in [7, 11) is 0. The molecule has 0 aliphatic rings. The Kier molecular flexibility index (Phi) is 7.28. The summed E-state index contributed by atoms with van der Waals surface area (Å²) >= 11 is 0. The minimum atomic E-state index is -0.241. The van der Waals surface area contributed by atoms with Gasteiger partial charge in [0.05, 0.1) is 19.0 Å². The van der Waals surface area contributed by atoms with Crippen molar-refractivity contribution in [2.75, 3.05) is 16.8 Å². The summed E-state index contributed by atoms with van der Waals surface area (Å²) in [6.45, 7) is 0.846. The number of nitriles is 1. The lowest BCUT2D eigenvalue weighted by molar-refractivity contribution is -0.122. The van der Waals surface area contributed by atoms with Crippen LogP contribution in [0.2, 0.25) is 0 Å². The quantitative estimate of drug-likeness (QED) is 0.592. The molecule has 1 N–H and O–H groups in total. The first-order valence-corrected chi connectivity index (χ1v) is 9.59. The van der Waals surface area contributed by atoms with E-state index in [-0.39, 0.29) is 31.1 Å². The maximum atomic E-state index is 12.7. The third kappa shape index (κ3) is 6.01. The number of benzene rings is 2. The van der Waals surface area contributed by atoms with Crippen LogP contribution in [-0.4, -0.2) is 33.1 Å². The average molecular weight is 402 g/mol. The predicted molar refractivity (Wildman–Crippen MR) is 112 cm³/mol. The van der Waals surface area contributed by atoms with E-state index in [9.17, 15) is 9.59 Å².